The molecule has 3 aromatic rings. The number of rotatable bonds is 4. The summed E-state index contributed by atoms with van der Waals surface area (Å²) in [5, 5.41) is 1.95. The second-order valence-corrected chi connectivity index (χ2v) is 7.32. The summed E-state index contributed by atoms with van der Waals surface area (Å²) in [5.74, 6) is 0.897. The van der Waals surface area contributed by atoms with Gasteiger partial charge in [0.1, 0.15) is 5.75 Å². The highest BCUT2D eigenvalue weighted by atomic mass is 35.5. The summed E-state index contributed by atoms with van der Waals surface area (Å²) in [5.41, 5.74) is 3.40. The number of aromatic nitrogens is 1. The summed E-state index contributed by atoms with van der Waals surface area (Å²) in [6.07, 6.45) is 2.97. The molecule has 2 heterocycles. The van der Waals surface area contributed by atoms with Crippen molar-refractivity contribution >= 4 is 28.2 Å². The van der Waals surface area contributed by atoms with Crippen molar-refractivity contribution in [2.24, 2.45) is 0 Å². The number of benzene rings is 2. The van der Waals surface area contributed by atoms with Gasteiger partial charge in [0.2, 0.25) is 0 Å². The Morgan fingerprint density at radius 3 is 2.67 bits per heavy atom. The van der Waals surface area contributed by atoms with Crippen LogP contribution in [0, 0.1) is 0 Å². The standard InChI is InChI=1S/C22H24ClN3O/c1-27-19-8-6-18(7-9-19)26-13-3-12-25(14-15-26)16-20-21(23)10-5-17-4-2-11-24-22(17)20/h2,4-11H,3,12-16H2,1H3. The van der Waals surface area contributed by atoms with Gasteiger partial charge in [0, 0.05) is 60.6 Å². The van der Waals surface area contributed by atoms with E-state index in [1.54, 1.807) is 7.11 Å². The number of pyridine rings is 1. The maximum atomic E-state index is 6.53. The number of nitrogens with zero attached hydrogens (tertiary/aromatic N) is 3. The molecule has 5 heteroatoms. The fraction of sp³-hybridized carbons (Fsp3) is 0.318. The molecule has 1 aromatic heterocycles. The Morgan fingerprint density at radius 2 is 1.85 bits per heavy atom. The van der Waals surface area contributed by atoms with Gasteiger partial charge in [0.05, 0.1) is 12.6 Å². The average Bonchev–Trinajstić information content (AvgIpc) is 2.96. The summed E-state index contributed by atoms with van der Waals surface area (Å²) in [6.45, 7) is 4.97. The molecule has 0 unspecified atom stereocenters. The van der Waals surface area contributed by atoms with Crippen LogP contribution in [0.5, 0.6) is 5.75 Å². The summed E-state index contributed by atoms with van der Waals surface area (Å²) < 4.78 is 5.27. The second kappa shape index (κ2) is 8.15. The number of fused-ring (bicyclic) bond motifs is 1. The second-order valence-electron chi connectivity index (χ2n) is 6.92. The Kier molecular flexibility index (Phi) is 5.46. The lowest BCUT2D eigenvalue weighted by Crippen LogP contribution is -2.30. The molecule has 4 rings (SSSR count). The van der Waals surface area contributed by atoms with E-state index in [4.69, 9.17) is 16.3 Å². The fourth-order valence-electron chi connectivity index (χ4n) is 3.74. The molecule has 140 valence electrons. The van der Waals surface area contributed by atoms with Crippen LogP contribution in [0.15, 0.2) is 54.7 Å². The van der Waals surface area contributed by atoms with E-state index in [2.05, 4.69) is 33.0 Å². The Hall–Kier alpha value is -2.30. The molecule has 0 aliphatic carbocycles. The minimum absolute atomic E-state index is 0.803. The number of anilines is 1. The first-order chi connectivity index (χ1) is 13.2. The molecule has 0 saturated carbocycles. The first-order valence-electron chi connectivity index (χ1n) is 9.38. The van der Waals surface area contributed by atoms with Crippen molar-refractivity contribution < 1.29 is 4.74 Å². The molecule has 0 bridgehead atoms. The van der Waals surface area contributed by atoms with Gasteiger partial charge in [-0.1, -0.05) is 23.7 Å². The first-order valence-corrected chi connectivity index (χ1v) is 9.76. The van der Waals surface area contributed by atoms with Crippen LogP contribution in [-0.4, -0.2) is 43.2 Å². The smallest absolute Gasteiger partial charge is 0.119 e. The third kappa shape index (κ3) is 4.02. The predicted octanol–water partition coefficient (Wildman–Crippen LogP) is 4.61. The third-order valence-electron chi connectivity index (χ3n) is 5.23. The highest BCUT2D eigenvalue weighted by Gasteiger charge is 2.18. The van der Waals surface area contributed by atoms with Crippen LogP contribution in [0.2, 0.25) is 5.02 Å². The summed E-state index contributed by atoms with van der Waals surface area (Å²) in [7, 11) is 1.70. The van der Waals surface area contributed by atoms with Crippen LogP contribution in [0.25, 0.3) is 10.9 Å². The van der Waals surface area contributed by atoms with Gasteiger partial charge in [0.25, 0.3) is 0 Å². The Labute approximate surface area is 165 Å². The van der Waals surface area contributed by atoms with E-state index in [0.717, 1.165) is 66.4 Å². The quantitative estimate of drug-likeness (QED) is 0.659. The fourth-order valence-corrected chi connectivity index (χ4v) is 3.95. The van der Waals surface area contributed by atoms with Crippen LogP contribution in [0.4, 0.5) is 5.69 Å². The van der Waals surface area contributed by atoms with Gasteiger partial charge >= 0.3 is 0 Å². The molecule has 4 nitrogen and oxygen atoms in total. The molecule has 0 radical (unpaired) electrons. The first kappa shape index (κ1) is 18.1. The van der Waals surface area contributed by atoms with Gasteiger partial charge in [-0.3, -0.25) is 9.88 Å². The van der Waals surface area contributed by atoms with Gasteiger partial charge in [-0.2, -0.15) is 0 Å². The lowest BCUT2D eigenvalue weighted by atomic mass is 10.1. The van der Waals surface area contributed by atoms with Crippen molar-refractivity contribution in [3.05, 3.63) is 65.3 Å². The molecular formula is C22H24ClN3O. The zero-order chi connectivity index (χ0) is 18.6. The van der Waals surface area contributed by atoms with Crippen molar-refractivity contribution in [1.29, 1.82) is 0 Å². The number of hydrogen-bond acceptors (Lipinski definition) is 4. The molecular weight excluding hydrogens is 358 g/mol. The number of ether oxygens (including phenoxy) is 1. The number of hydrogen-bond donors (Lipinski definition) is 0. The minimum atomic E-state index is 0.803. The van der Waals surface area contributed by atoms with Crippen LogP contribution < -0.4 is 9.64 Å². The maximum absolute atomic E-state index is 6.53. The van der Waals surface area contributed by atoms with E-state index in [0.29, 0.717) is 0 Å². The molecule has 0 amide bonds. The topological polar surface area (TPSA) is 28.6 Å². The molecule has 2 aromatic carbocycles. The minimum Gasteiger partial charge on any atom is -0.497 e. The van der Waals surface area contributed by atoms with Crippen molar-refractivity contribution in [1.82, 2.24) is 9.88 Å². The number of methoxy groups -OCH3 is 1. The van der Waals surface area contributed by atoms with Gasteiger partial charge in [0.15, 0.2) is 0 Å². The monoisotopic (exact) mass is 381 g/mol. The van der Waals surface area contributed by atoms with E-state index in [1.807, 2.05) is 36.5 Å². The van der Waals surface area contributed by atoms with Gasteiger partial charge < -0.3 is 9.64 Å². The van der Waals surface area contributed by atoms with E-state index >= 15 is 0 Å². The molecule has 1 fully saturated rings. The van der Waals surface area contributed by atoms with Crippen molar-refractivity contribution in [2.75, 3.05) is 38.2 Å². The molecule has 0 spiro atoms. The molecule has 27 heavy (non-hydrogen) atoms. The maximum Gasteiger partial charge on any atom is 0.119 e. The molecule has 0 N–H and O–H groups in total. The van der Waals surface area contributed by atoms with E-state index < -0.39 is 0 Å². The van der Waals surface area contributed by atoms with Crippen LogP contribution in [0.3, 0.4) is 0 Å². The van der Waals surface area contributed by atoms with E-state index in [9.17, 15) is 0 Å². The van der Waals surface area contributed by atoms with Crippen LogP contribution in [-0.2, 0) is 6.54 Å². The van der Waals surface area contributed by atoms with Crippen LogP contribution >= 0.6 is 11.6 Å². The largest absolute Gasteiger partial charge is 0.497 e. The Bertz CT molecular complexity index is 913. The Morgan fingerprint density at radius 1 is 1.00 bits per heavy atom. The van der Waals surface area contributed by atoms with Gasteiger partial charge in [-0.05, 0) is 42.8 Å². The number of halogens is 1. The summed E-state index contributed by atoms with van der Waals surface area (Å²) in [6, 6.07) is 16.4. The average molecular weight is 382 g/mol. The third-order valence-corrected chi connectivity index (χ3v) is 5.58. The van der Waals surface area contributed by atoms with Crippen molar-refractivity contribution in [3.8, 4) is 5.75 Å². The van der Waals surface area contributed by atoms with Gasteiger partial charge in [-0.15, -0.1) is 0 Å². The van der Waals surface area contributed by atoms with E-state index in [1.165, 1.54) is 5.69 Å². The molecule has 1 aliphatic rings. The normalized spacial score (nSPS) is 15.7. The van der Waals surface area contributed by atoms with Crippen LogP contribution in [0.1, 0.15) is 12.0 Å². The highest BCUT2D eigenvalue weighted by molar-refractivity contribution is 6.32. The lowest BCUT2D eigenvalue weighted by molar-refractivity contribution is 0.286. The van der Waals surface area contributed by atoms with E-state index in [-0.39, 0.29) is 0 Å². The molecule has 1 aliphatic heterocycles. The summed E-state index contributed by atoms with van der Waals surface area (Å²) >= 11 is 6.53. The highest BCUT2D eigenvalue weighted by Crippen LogP contribution is 2.27. The molecule has 0 atom stereocenters. The SMILES string of the molecule is COc1ccc(N2CCCN(Cc3c(Cl)ccc4cccnc34)CC2)cc1. The molecule has 1 saturated heterocycles. The Balaban J connectivity index is 1.48. The zero-order valence-corrected chi connectivity index (χ0v) is 16.3. The van der Waals surface area contributed by atoms with Crippen molar-refractivity contribution in [3.63, 3.8) is 0 Å². The summed E-state index contributed by atoms with van der Waals surface area (Å²) in [4.78, 5) is 9.51. The zero-order valence-electron chi connectivity index (χ0n) is 15.6. The van der Waals surface area contributed by atoms with Crippen molar-refractivity contribution in [2.45, 2.75) is 13.0 Å². The van der Waals surface area contributed by atoms with Gasteiger partial charge in [-0.25, -0.2) is 0 Å². The predicted molar refractivity (Wildman–Crippen MR) is 112 cm³/mol. The lowest BCUT2D eigenvalue weighted by Gasteiger charge is -2.24.